The molecule has 41 heavy (non-hydrogen) atoms. The molecule has 0 radical (unpaired) electrons. The SMILES string of the molecule is Oc1ccccc1-c1cc(C(c2ccccc2)(c2ccccc2)c2ccc(O)c(-c3ccccc3O)c2)ccc1O. The zero-order chi connectivity index (χ0) is 28.4. The lowest BCUT2D eigenvalue weighted by Gasteiger charge is -2.37. The summed E-state index contributed by atoms with van der Waals surface area (Å²) in [6, 6.07) is 44.9. The largest absolute Gasteiger partial charge is 0.507 e. The van der Waals surface area contributed by atoms with Crippen molar-refractivity contribution in [2.24, 2.45) is 0 Å². The van der Waals surface area contributed by atoms with E-state index in [1.807, 2.05) is 72.8 Å². The molecule has 6 rings (SSSR count). The molecule has 0 aliphatic carbocycles. The van der Waals surface area contributed by atoms with Gasteiger partial charge in [0.25, 0.3) is 0 Å². The highest BCUT2D eigenvalue weighted by molar-refractivity contribution is 5.79. The van der Waals surface area contributed by atoms with E-state index in [2.05, 4.69) is 24.3 Å². The Balaban J connectivity index is 1.73. The standard InChI is InChI=1S/C37H28O4/c38-33-17-9-7-15-29(33)31-23-27(19-21-35(31)40)37(25-11-3-1-4-12-25,26-13-5-2-6-14-26)28-20-22-36(41)32(24-28)30-16-8-10-18-34(30)39/h1-24,38-41H. The number of phenols is 4. The average Bonchev–Trinajstić information content (AvgIpc) is 3.01. The van der Waals surface area contributed by atoms with Crippen molar-refractivity contribution < 1.29 is 20.4 Å². The van der Waals surface area contributed by atoms with Crippen LogP contribution in [0.25, 0.3) is 22.3 Å². The van der Waals surface area contributed by atoms with Crippen molar-refractivity contribution >= 4 is 0 Å². The first-order valence-electron chi connectivity index (χ1n) is 13.3. The second-order valence-electron chi connectivity index (χ2n) is 9.98. The molecule has 0 aliphatic rings. The molecule has 4 nitrogen and oxygen atoms in total. The number of hydrogen-bond acceptors (Lipinski definition) is 4. The summed E-state index contributed by atoms with van der Waals surface area (Å²) >= 11 is 0. The molecule has 4 N–H and O–H groups in total. The lowest BCUT2D eigenvalue weighted by Crippen LogP contribution is -2.31. The summed E-state index contributed by atoms with van der Waals surface area (Å²) in [5.74, 6) is 0.227. The summed E-state index contributed by atoms with van der Waals surface area (Å²) in [5.41, 5.74) is 4.75. The van der Waals surface area contributed by atoms with Gasteiger partial charge in [-0.05, 0) is 58.7 Å². The zero-order valence-corrected chi connectivity index (χ0v) is 22.1. The van der Waals surface area contributed by atoms with Crippen molar-refractivity contribution in [3.8, 4) is 45.3 Å². The van der Waals surface area contributed by atoms with Gasteiger partial charge in [-0.2, -0.15) is 0 Å². The van der Waals surface area contributed by atoms with Crippen LogP contribution in [0.5, 0.6) is 23.0 Å². The van der Waals surface area contributed by atoms with Gasteiger partial charge in [-0.15, -0.1) is 0 Å². The highest BCUT2D eigenvalue weighted by Gasteiger charge is 2.39. The van der Waals surface area contributed by atoms with Crippen LogP contribution in [0, 0.1) is 0 Å². The van der Waals surface area contributed by atoms with Crippen LogP contribution in [0.15, 0.2) is 146 Å². The molecule has 0 fully saturated rings. The summed E-state index contributed by atoms with van der Waals surface area (Å²) in [6.45, 7) is 0. The number of hydrogen-bond donors (Lipinski definition) is 4. The Bertz CT molecular complexity index is 1690. The summed E-state index contributed by atoms with van der Waals surface area (Å²) < 4.78 is 0. The molecule has 0 aliphatic heterocycles. The van der Waals surface area contributed by atoms with Crippen molar-refractivity contribution in [2.45, 2.75) is 5.41 Å². The van der Waals surface area contributed by atoms with Crippen LogP contribution in [-0.2, 0) is 5.41 Å². The molecule has 0 amide bonds. The summed E-state index contributed by atoms with van der Waals surface area (Å²) in [7, 11) is 0. The minimum atomic E-state index is -0.901. The Morgan fingerprint density at radius 3 is 1.02 bits per heavy atom. The first kappa shape index (κ1) is 25.8. The van der Waals surface area contributed by atoms with Gasteiger partial charge in [-0.3, -0.25) is 0 Å². The van der Waals surface area contributed by atoms with Crippen molar-refractivity contribution in [3.05, 3.63) is 168 Å². The second-order valence-corrected chi connectivity index (χ2v) is 9.98. The van der Waals surface area contributed by atoms with Crippen LogP contribution in [0.4, 0.5) is 0 Å². The predicted octanol–water partition coefficient (Wildman–Crippen LogP) is 8.23. The van der Waals surface area contributed by atoms with E-state index in [1.54, 1.807) is 48.5 Å². The Morgan fingerprint density at radius 1 is 0.293 bits per heavy atom. The molecule has 0 saturated carbocycles. The summed E-state index contributed by atoms with van der Waals surface area (Å²) in [5, 5.41) is 43.3. The van der Waals surface area contributed by atoms with Crippen molar-refractivity contribution in [3.63, 3.8) is 0 Å². The van der Waals surface area contributed by atoms with Gasteiger partial charge >= 0.3 is 0 Å². The molecule has 0 heterocycles. The lowest BCUT2D eigenvalue weighted by molar-refractivity contribution is 0.468. The molecule has 6 aromatic carbocycles. The second kappa shape index (κ2) is 10.6. The van der Waals surface area contributed by atoms with E-state index in [0.717, 1.165) is 22.3 Å². The monoisotopic (exact) mass is 536 g/mol. The normalized spacial score (nSPS) is 11.3. The third-order valence-electron chi connectivity index (χ3n) is 7.66. The van der Waals surface area contributed by atoms with E-state index in [9.17, 15) is 20.4 Å². The summed E-state index contributed by atoms with van der Waals surface area (Å²) in [4.78, 5) is 0. The smallest absolute Gasteiger partial charge is 0.123 e. The number of aromatic hydroxyl groups is 4. The molecule has 200 valence electrons. The quantitative estimate of drug-likeness (QED) is 0.162. The Morgan fingerprint density at radius 2 is 0.634 bits per heavy atom. The fourth-order valence-electron chi connectivity index (χ4n) is 5.75. The van der Waals surface area contributed by atoms with Gasteiger partial charge in [-0.1, -0.05) is 109 Å². The fraction of sp³-hybridized carbons (Fsp3) is 0.0270. The Kier molecular flexibility index (Phi) is 6.66. The third-order valence-corrected chi connectivity index (χ3v) is 7.66. The first-order valence-corrected chi connectivity index (χ1v) is 13.3. The van der Waals surface area contributed by atoms with Crippen LogP contribution in [0.3, 0.4) is 0 Å². The lowest BCUT2D eigenvalue weighted by atomic mass is 9.64. The number of phenolic OH excluding ortho intramolecular Hbond substituents is 4. The van der Waals surface area contributed by atoms with E-state index < -0.39 is 5.41 Å². The van der Waals surface area contributed by atoms with Crippen LogP contribution in [0.2, 0.25) is 0 Å². The molecule has 0 aromatic heterocycles. The highest BCUT2D eigenvalue weighted by atomic mass is 16.3. The molecular weight excluding hydrogens is 508 g/mol. The van der Waals surface area contributed by atoms with E-state index in [0.29, 0.717) is 22.3 Å². The van der Waals surface area contributed by atoms with E-state index in [4.69, 9.17) is 0 Å². The van der Waals surface area contributed by atoms with Gasteiger partial charge in [-0.25, -0.2) is 0 Å². The van der Waals surface area contributed by atoms with Gasteiger partial charge in [0.1, 0.15) is 23.0 Å². The zero-order valence-electron chi connectivity index (χ0n) is 22.1. The van der Waals surface area contributed by atoms with Gasteiger partial charge in [0.15, 0.2) is 0 Å². The average molecular weight is 537 g/mol. The van der Waals surface area contributed by atoms with Crippen molar-refractivity contribution in [1.29, 1.82) is 0 Å². The topological polar surface area (TPSA) is 80.9 Å². The van der Waals surface area contributed by atoms with Crippen LogP contribution in [0.1, 0.15) is 22.3 Å². The van der Waals surface area contributed by atoms with E-state index in [-0.39, 0.29) is 23.0 Å². The van der Waals surface area contributed by atoms with Crippen LogP contribution < -0.4 is 0 Å². The maximum atomic E-state index is 11.0. The van der Waals surface area contributed by atoms with Crippen LogP contribution in [-0.4, -0.2) is 20.4 Å². The molecule has 6 aromatic rings. The molecule has 0 saturated heterocycles. The molecular formula is C37H28O4. The van der Waals surface area contributed by atoms with Gasteiger partial charge < -0.3 is 20.4 Å². The fourth-order valence-corrected chi connectivity index (χ4v) is 5.75. The number of para-hydroxylation sites is 2. The molecule has 0 atom stereocenters. The third kappa shape index (κ3) is 4.46. The minimum Gasteiger partial charge on any atom is -0.507 e. The molecule has 0 bridgehead atoms. The first-order chi connectivity index (χ1) is 20.0. The number of benzene rings is 6. The minimum absolute atomic E-state index is 0.0471. The molecule has 4 heteroatoms. The number of rotatable bonds is 6. The van der Waals surface area contributed by atoms with E-state index in [1.165, 1.54) is 0 Å². The molecule has 0 spiro atoms. The Hall–Kier alpha value is -5.48. The Labute approximate surface area is 238 Å². The van der Waals surface area contributed by atoms with Crippen molar-refractivity contribution in [2.75, 3.05) is 0 Å². The van der Waals surface area contributed by atoms with Gasteiger partial charge in [0.2, 0.25) is 0 Å². The van der Waals surface area contributed by atoms with Gasteiger partial charge in [0, 0.05) is 22.3 Å². The highest BCUT2D eigenvalue weighted by Crippen LogP contribution is 2.49. The summed E-state index contributed by atoms with van der Waals surface area (Å²) in [6.07, 6.45) is 0. The predicted molar refractivity (Wildman–Crippen MR) is 162 cm³/mol. The van der Waals surface area contributed by atoms with E-state index >= 15 is 0 Å². The van der Waals surface area contributed by atoms with Crippen LogP contribution >= 0.6 is 0 Å². The maximum Gasteiger partial charge on any atom is 0.123 e. The van der Waals surface area contributed by atoms with Crippen molar-refractivity contribution in [1.82, 2.24) is 0 Å². The maximum absolute atomic E-state index is 11.0. The molecule has 0 unspecified atom stereocenters. The van der Waals surface area contributed by atoms with Gasteiger partial charge in [0.05, 0.1) is 5.41 Å².